The standard InChI is InChI=1S/C17H18N2O2/c1-12-6-5-7-13(17(20)21)16(12)19-11-10-18(2)14-8-3-4-9-15(14)19/h3-9H,10-11H2,1-2H3,(H,20,21). The Balaban J connectivity index is 2.19. The molecule has 3 rings (SSSR count). The number of likely N-dealkylation sites (N-methyl/N-ethyl adjacent to an activating group) is 1. The minimum atomic E-state index is -0.884. The lowest BCUT2D eigenvalue weighted by atomic mass is 10.0. The summed E-state index contributed by atoms with van der Waals surface area (Å²) in [6.07, 6.45) is 0. The summed E-state index contributed by atoms with van der Waals surface area (Å²) >= 11 is 0. The van der Waals surface area contributed by atoms with Crippen LogP contribution in [0.5, 0.6) is 0 Å². The summed E-state index contributed by atoms with van der Waals surface area (Å²) < 4.78 is 0. The predicted octanol–water partition coefficient (Wildman–Crippen LogP) is 3.28. The number of anilines is 3. The van der Waals surface area contributed by atoms with Gasteiger partial charge in [-0.3, -0.25) is 0 Å². The molecule has 2 aromatic rings. The minimum absolute atomic E-state index is 0.356. The van der Waals surface area contributed by atoms with Crippen LogP contribution in [-0.4, -0.2) is 31.2 Å². The van der Waals surface area contributed by atoms with Gasteiger partial charge in [0.15, 0.2) is 0 Å². The molecule has 1 N–H and O–H groups in total. The van der Waals surface area contributed by atoms with Gasteiger partial charge in [-0.2, -0.15) is 0 Å². The molecule has 0 saturated carbocycles. The number of aryl methyl sites for hydroxylation is 1. The van der Waals surface area contributed by atoms with Crippen LogP contribution in [0, 0.1) is 6.92 Å². The van der Waals surface area contributed by atoms with Gasteiger partial charge in [0.2, 0.25) is 0 Å². The van der Waals surface area contributed by atoms with Crippen LogP contribution in [0.1, 0.15) is 15.9 Å². The molecule has 108 valence electrons. The quantitative estimate of drug-likeness (QED) is 0.918. The zero-order chi connectivity index (χ0) is 15.0. The summed E-state index contributed by atoms with van der Waals surface area (Å²) in [5, 5.41) is 9.48. The smallest absolute Gasteiger partial charge is 0.337 e. The topological polar surface area (TPSA) is 43.8 Å². The molecule has 21 heavy (non-hydrogen) atoms. The largest absolute Gasteiger partial charge is 0.478 e. The van der Waals surface area contributed by atoms with Crippen molar-refractivity contribution in [2.75, 3.05) is 29.9 Å². The second-order valence-electron chi connectivity index (χ2n) is 5.34. The van der Waals surface area contributed by atoms with Crippen molar-refractivity contribution in [2.45, 2.75) is 6.92 Å². The molecule has 0 bridgehead atoms. The fraction of sp³-hybridized carbons (Fsp3) is 0.235. The molecule has 0 aliphatic carbocycles. The van der Waals surface area contributed by atoms with Crippen LogP contribution in [0.4, 0.5) is 17.1 Å². The normalized spacial score (nSPS) is 14.0. The molecular weight excluding hydrogens is 264 g/mol. The third-order valence-electron chi connectivity index (χ3n) is 3.98. The zero-order valence-electron chi connectivity index (χ0n) is 12.2. The van der Waals surface area contributed by atoms with Crippen molar-refractivity contribution in [1.82, 2.24) is 0 Å². The molecule has 1 heterocycles. The van der Waals surface area contributed by atoms with Gasteiger partial charge in [0.05, 0.1) is 22.6 Å². The molecular formula is C17H18N2O2. The van der Waals surface area contributed by atoms with E-state index in [-0.39, 0.29) is 0 Å². The Kier molecular flexibility index (Phi) is 3.29. The van der Waals surface area contributed by atoms with E-state index >= 15 is 0 Å². The average molecular weight is 282 g/mol. The molecule has 0 saturated heterocycles. The highest BCUT2D eigenvalue weighted by atomic mass is 16.4. The van der Waals surface area contributed by atoms with Gasteiger partial charge in [0, 0.05) is 20.1 Å². The van der Waals surface area contributed by atoms with Crippen molar-refractivity contribution in [3.8, 4) is 0 Å². The van der Waals surface area contributed by atoms with Gasteiger partial charge in [0.1, 0.15) is 0 Å². The first-order valence-electron chi connectivity index (χ1n) is 7.00. The third-order valence-corrected chi connectivity index (χ3v) is 3.98. The lowest BCUT2D eigenvalue weighted by molar-refractivity contribution is 0.0697. The Labute approximate surface area is 124 Å². The summed E-state index contributed by atoms with van der Waals surface area (Å²) in [5.74, 6) is -0.884. The number of fused-ring (bicyclic) bond motifs is 1. The first kappa shape index (κ1) is 13.5. The van der Waals surface area contributed by atoms with Crippen molar-refractivity contribution in [3.05, 3.63) is 53.6 Å². The van der Waals surface area contributed by atoms with Crippen LogP contribution in [0.2, 0.25) is 0 Å². The van der Waals surface area contributed by atoms with E-state index in [2.05, 4.69) is 22.9 Å². The SMILES string of the molecule is Cc1cccc(C(=O)O)c1N1CCN(C)c2ccccc21. The zero-order valence-corrected chi connectivity index (χ0v) is 12.2. The molecule has 0 amide bonds. The van der Waals surface area contributed by atoms with Crippen LogP contribution in [0.3, 0.4) is 0 Å². The van der Waals surface area contributed by atoms with Crippen LogP contribution in [0.15, 0.2) is 42.5 Å². The van der Waals surface area contributed by atoms with Gasteiger partial charge in [-0.1, -0.05) is 24.3 Å². The fourth-order valence-electron chi connectivity index (χ4n) is 2.93. The first-order chi connectivity index (χ1) is 10.1. The fourth-order valence-corrected chi connectivity index (χ4v) is 2.93. The molecule has 0 atom stereocenters. The Morgan fingerprint density at radius 2 is 1.76 bits per heavy atom. The summed E-state index contributed by atoms with van der Waals surface area (Å²) in [5.41, 5.74) is 4.32. The van der Waals surface area contributed by atoms with E-state index in [9.17, 15) is 9.90 Å². The second kappa shape index (κ2) is 5.13. The monoisotopic (exact) mass is 282 g/mol. The molecule has 2 aromatic carbocycles. The Hall–Kier alpha value is -2.49. The summed E-state index contributed by atoms with van der Waals surface area (Å²) in [7, 11) is 2.06. The van der Waals surface area contributed by atoms with E-state index in [1.165, 1.54) is 0 Å². The van der Waals surface area contributed by atoms with Crippen molar-refractivity contribution < 1.29 is 9.90 Å². The Morgan fingerprint density at radius 3 is 2.48 bits per heavy atom. The van der Waals surface area contributed by atoms with Gasteiger partial charge in [-0.15, -0.1) is 0 Å². The maximum atomic E-state index is 11.6. The molecule has 1 aliphatic heterocycles. The number of nitrogens with zero attached hydrogens (tertiary/aromatic N) is 2. The molecule has 0 spiro atoms. The maximum absolute atomic E-state index is 11.6. The number of hydrogen-bond donors (Lipinski definition) is 1. The number of carboxylic acid groups (broad SMARTS) is 1. The van der Waals surface area contributed by atoms with Crippen molar-refractivity contribution >= 4 is 23.0 Å². The molecule has 4 heteroatoms. The number of aromatic carboxylic acids is 1. The van der Waals surface area contributed by atoms with Crippen LogP contribution >= 0.6 is 0 Å². The number of carboxylic acids is 1. The van der Waals surface area contributed by atoms with Crippen LogP contribution in [0.25, 0.3) is 0 Å². The number of carbonyl (C=O) groups is 1. The van der Waals surface area contributed by atoms with E-state index in [0.29, 0.717) is 5.56 Å². The third kappa shape index (κ3) is 2.23. The van der Waals surface area contributed by atoms with E-state index < -0.39 is 5.97 Å². The lowest BCUT2D eigenvalue weighted by Gasteiger charge is -2.38. The van der Waals surface area contributed by atoms with E-state index in [4.69, 9.17) is 0 Å². The van der Waals surface area contributed by atoms with Gasteiger partial charge in [0.25, 0.3) is 0 Å². The molecule has 0 aromatic heterocycles. The Bertz CT molecular complexity index is 697. The molecule has 0 radical (unpaired) electrons. The van der Waals surface area contributed by atoms with E-state index in [0.717, 1.165) is 35.7 Å². The van der Waals surface area contributed by atoms with E-state index in [1.807, 2.05) is 31.2 Å². The predicted molar refractivity (Wildman–Crippen MR) is 84.9 cm³/mol. The van der Waals surface area contributed by atoms with Crippen molar-refractivity contribution in [2.24, 2.45) is 0 Å². The van der Waals surface area contributed by atoms with Gasteiger partial charge < -0.3 is 14.9 Å². The maximum Gasteiger partial charge on any atom is 0.337 e. The summed E-state index contributed by atoms with van der Waals surface area (Å²) in [4.78, 5) is 15.9. The van der Waals surface area contributed by atoms with E-state index in [1.54, 1.807) is 12.1 Å². The highest BCUT2D eigenvalue weighted by Crippen LogP contribution is 2.39. The van der Waals surface area contributed by atoms with Crippen LogP contribution < -0.4 is 9.80 Å². The highest BCUT2D eigenvalue weighted by molar-refractivity contribution is 5.97. The molecule has 4 nitrogen and oxygen atoms in total. The minimum Gasteiger partial charge on any atom is -0.478 e. The summed E-state index contributed by atoms with van der Waals surface area (Å²) in [6.45, 7) is 3.60. The summed E-state index contributed by atoms with van der Waals surface area (Å²) in [6, 6.07) is 13.5. The Morgan fingerprint density at radius 1 is 1.05 bits per heavy atom. The highest BCUT2D eigenvalue weighted by Gasteiger charge is 2.25. The number of hydrogen-bond acceptors (Lipinski definition) is 3. The first-order valence-corrected chi connectivity index (χ1v) is 7.00. The lowest BCUT2D eigenvalue weighted by Crippen LogP contribution is -2.37. The average Bonchev–Trinajstić information content (AvgIpc) is 2.48. The second-order valence-corrected chi connectivity index (χ2v) is 5.34. The van der Waals surface area contributed by atoms with Gasteiger partial charge >= 0.3 is 5.97 Å². The van der Waals surface area contributed by atoms with Crippen LogP contribution in [-0.2, 0) is 0 Å². The number of rotatable bonds is 2. The molecule has 0 fully saturated rings. The van der Waals surface area contributed by atoms with Gasteiger partial charge in [-0.25, -0.2) is 4.79 Å². The molecule has 0 unspecified atom stereocenters. The molecule has 1 aliphatic rings. The van der Waals surface area contributed by atoms with Gasteiger partial charge in [-0.05, 0) is 30.7 Å². The number of benzene rings is 2. The van der Waals surface area contributed by atoms with Crippen molar-refractivity contribution in [1.29, 1.82) is 0 Å². The van der Waals surface area contributed by atoms with Crippen molar-refractivity contribution in [3.63, 3.8) is 0 Å². The number of para-hydroxylation sites is 3.